The molecule has 0 N–H and O–H groups in total. The molecule has 1 aromatic rings. The Morgan fingerprint density at radius 1 is 1.41 bits per heavy atom. The van der Waals surface area contributed by atoms with Crippen LogP contribution in [0, 0.1) is 11.5 Å². The number of hydrogen-bond acceptors (Lipinski definition) is 5. The van der Waals surface area contributed by atoms with E-state index in [2.05, 4.69) is 60.0 Å². The molecule has 0 spiro atoms. The Morgan fingerprint density at radius 2 is 2.14 bits per heavy atom. The second-order valence-corrected chi connectivity index (χ2v) is 6.69. The van der Waals surface area contributed by atoms with Crippen molar-refractivity contribution in [3.8, 4) is 0 Å². The molecule has 0 aromatic carbocycles. The Morgan fingerprint density at radius 3 is 2.82 bits per heavy atom. The van der Waals surface area contributed by atoms with E-state index in [0.29, 0.717) is 6.54 Å². The van der Waals surface area contributed by atoms with Crippen LogP contribution in [-0.4, -0.2) is 63.0 Å². The van der Waals surface area contributed by atoms with Crippen molar-refractivity contribution in [2.75, 3.05) is 51.8 Å². The third-order valence-electron chi connectivity index (χ3n) is 3.52. The lowest BCUT2D eigenvalue weighted by atomic mass is 9.95. The number of nitrogens with zero attached hydrogens (tertiary/aromatic N) is 4. The average Bonchev–Trinajstić information content (AvgIpc) is 2.47. The van der Waals surface area contributed by atoms with Gasteiger partial charge in [0.1, 0.15) is 5.82 Å². The van der Waals surface area contributed by atoms with E-state index in [0.717, 1.165) is 44.2 Å². The van der Waals surface area contributed by atoms with Gasteiger partial charge in [0.05, 0.1) is 19.8 Å². The second-order valence-electron chi connectivity index (χ2n) is 6.69. The highest BCUT2D eigenvalue weighted by molar-refractivity contribution is 5.65. The van der Waals surface area contributed by atoms with Crippen molar-refractivity contribution < 1.29 is 4.74 Å². The van der Waals surface area contributed by atoms with Gasteiger partial charge in [-0.05, 0) is 26.2 Å². The molecule has 1 aliphatic heterocycles. The SMILES string of the molecule is CN(C)CC(C)(C)C=NCc1[c]ccnc1N1CCOCC1. The molecule has 5 nitrogen and oxygen atoms in total. The van der Waals surface area contributed by atoms with E-state index in [1.165, 1.54) is 0 Å². The van der Waals surface area contributed by atoms with Gasteiger partial charge in [-0.25, -0.2) is 4.98 Å². The highest BCUT2D eigenvalue weighted by Gasteiger charge is 2.17. The molecule has 2 heterocycles. The first kappa shape index (κ1) is 16.9. The van der Waals surface area contributed by atoms with Crippen LogP contribution in [0.2, 0.25) is 0 Å². The van der Waals surface area contributed by atoms with Crippen LogP contribution in [0.1, 0.15) is 19.4 Å². The molecule has 5 heteroatoms. The maximum absolute atomic E-state index is 5.41. The molecule has 1 saturated heterocycles. The molecule has 2 rings (SSSR count). The predicted molar refractivity (Wildman–Crippen MR) is 90.6 cm³/mol. The van der Waals surface area contributed by atoms with Gasteiger partial charge in [-0.3, -0.25) is 4.99 Å². The lowest BCUT2D eigenvalue weighted by molar-refractivity contribution is 0.122. The average molecular weight is 303 g/mol. The maximum atomic E-state index is 5.41. The Kier molecular flexibility index (Phi) is 5.91. The van der Waals surface area contributed by atoms with Crippen LogP contribution in [0.5, 0.6) is 0 Å². The maximum Gasteiger partial charge on any atom is 0.134 e. The van der Waals surface area contributed by atoms with E-state index in [9.17, 15) is 0 Å². The van der Waals surface area contributed by atoms with Crippen LogP contribution in [0.15, 0.2) is 17.3 Å². The summed E-state index contributed by atoms with van der Waals surface area (Å²) in [5.74, 6) is 0.994. The lowest BCUT2D eigenvalue weighted by Crippen LogP contribution is -2.37. The number of aliphatic imine (C=N–C) groups is 1. The van der Waals surface area contributed by atoms with Crippen molar-refractivity contribution in [1.82, 2.24) is 9.88 Å². The third-order valence-corrected chi connectivity index (χ3v) is 3.52. The first-order valence-corrected chi connectivity index (χ1v) is 7.82. The normalized spacial score (nSPS) is 16.7. The zero-order valence-electron chi connectivity index (χ0n) is 14.2. The minimum Gasteiger partial charge on any atom is -0.378 e. The number of ether oxygens (including phenoxy) is 1. The van der Waals surface area contributed by atoms with Gasteiger partial charge in [0.15, 0.2) is 0 Å². The van der Waals surface area contributed by atoms with Crippen LogP contribution < -0.4 is 4.90 Å². The van der Waals surface area contributed by atoms with E-state index < -0.39 is 0 Å². The summed E-state index contributed by atoms with van der Waals surface area (Å²) in [4.78, 5) is 13.6. The molecule has 0 saturated carbocycles. The van der Waals surface area contributed by atoms with Crippen molar-refractivity contribution in [3.05, 3.63) is 23.9 Å². The van der Waals surface area contributed by atoms with Crippen molar-refractivity contribution in [2.45, 2.75) is 20.4 Å². The highest BCUT2D eigenvalue weighted by atomic mass is 16.5. The van der Waals surface area contributed by atoms with Crippen molar-refractivity contribution in [1.29, 1.82) is 0 Å². The van der Waals surface area contributed by atoms with Crippen LogP contribution in [0.4, 0.5) is 5.82 Å². The Balaban J connectivity index is 2.03. The molecule has 1 aromatic heterocycles. The van der Waals surface area contributed by atoms with Crippen LogP contribution in [-0.2, 0) is 11.3 Å². The summed E-state index contributed by atoms with van der Waals surface area (Å²) < 4.78 is 5.41. The molecule has 0 atom stereocenters. The lowest BCUT2D eigenvalue weighted by Gasteiger charge is -2.29. The molecule has 121 valence electrons. The fourth-order valence-corrected chi connectivity index (χ4v) is 2.79. The standard InChI is InChI=1S/C17H27N4O/c1-17(2,14-20(3)4)13-18-12-15-6-5-7-19-16(15)21-8-10-22-11-9-21/h5,7,13H,8-12,14H2,1-4H3. The number of aromatic nitrogens is 1. The molecule has 1 fully saturated rings. The minimum absolute atomic E-state index is 0.0604. The summed E-state index contributed by atoms with van der Waals surface area (Å²) in [6, 6.07) is 5.15. The fraction of sp³-hybridized carbons (Fsp3) is 0.647. The van der Waals surface area contributed by atoms with Crippen molar-refractivity contribution >= 4 is 12.0 Å². The fourth-order valence-electron chi connectivity index (χ4n) is 2.79. The molecule has 0 aliphatic carbocycles. The summed E-state index contributed by atoms with van der Waals surface area (Å²) in [7, 11) is 4.17. The summed E-state index contributed by atoms with van der Waals surface area (Å²) in [5, 5.41) is 0. The van der Waals surface area contributed by atoms with Gasteiger partial charge in [0.2, 0.25) is 0 Å². The summed E-state index contributed by atoms with van der Waals surface area (Å²) in [6.07, 6.45) is 3.85. The van der Waals surface area contributed by atoms with Gasteiger partial charge >= 0.3 is 0 Å². The van der Waals surface area contributed by atoms with E-state index in [1.54, 1.807) is 6.20 Å². The number of morpholine rings is 1. The number of pyridine rings is 1. The second kappa shape index (κ2) is 7.70. The Hall–Kier alpha value is -1.46. The van der Waals surface area contributed by atoms with E-state index in [1.807, 2.05) is 6.07 Å². The largest absolute Gasteiger partial charge is 0.378 e. The number of hydrogen-bond donors (Lipinski definition) is 0. The van der Waals surface area contributed by atoms with Crippen molar-refractivity contribution in [2.24, 2.45) is 10.4 Å². The molecule has 1 aliphatic rings. The smallest absolute Gasteiger partial charge is 0.134 e. The summed E-state index contributed by atoms with van der Waals surface area (Å²) in [5.41, 5.74) is 1.12. The monoisotopic (exact) mass is 303 g/mol. The van der Waals surface area contributed by atoms with Gasteiger partial charge in [-0.2, -0.15) is 0 Å². The molecule has 0 unspecified atom stereocenters. The van der Waals surface area contributed by atoms with Crippen LogP contribution in [0.25, 0.3) is 0 Å². The van der Waals surface area contributed by atoms with E-state index in [-0.39, 0.29) is 5.41 Å². The predicted octanol–water partition coefficient (Wildman–Crippen LogP) is 1.88. The first-order valence-electron chi connectivity index (χ1n) is 7.82. The van der Waals surface area contributed by atoms with Gasteiger partial charge in [-0.15, -0.1) is 0 Å². The molecule has 22 heavy (non-hydrogen) atoms. The topological polar surface area (TPSA) is 41.0 Å². The van der Waals surface area contributed by atoms with E-state index >= 15 is 0 Å². The Bertz CT molecular complexity index is 493. The van der Waals surface area contributed by atoms with Crippen molar-refractivity contribution in [3.63, 3.8) is 0 Å². The quantitative estimate of drug-likeness (QED) is 0.752. The van der Waals surface area contributed by atoms with Gasteiger partial charge in [0.25, 0.3) is 0 Å². The molecular formula is C17H27N4O. The van der Waals surface area contributed by atoms with Gasteiger partial charge in [-0.1, -0.05) is 13.8 Å². The number of anilines is 1. The van der Waals surface area contributed by atoms with E-state index in [4.69, 9.17) is 4.74 Å². The molecular weight excluding hydrogens is 276 g/mol. The molecule has 0 bridgehead atoms. The third kappa shape index (κ3) is 5.07. The van der Waals surface area contributed by atoms with Crippen LogP contribution >= 0.6 is 0 Å². The number of rotatable bonds is 6. The first-order chi connectivity index (χ1) is 10.5. The zero-order chi connectivity index (χ0) is 16.0. The summed E-state index contributed by atoms with van der Waals surface area (Å²) in [6.45, 7) is 9.28. The van der Waals surface area contributed by atoms with Crippen LogP contribution in [0.3, 0.4) is 0 Å². The molecule has 1 radical (unpaired) electrons. The summed E-state index contributed by atoms with van der Waals surface area (Å²) >= 11 is 0. The molecule has 0 amide bonds. The van der Waals surface area contributed by atoms with Gasteiger partial charge < -0.3 is 14.5 Å². The zero-order valence-corrected chi connectivity index (χ0v) is 14.2. The highest BCUT2D eigenvalue weighted by Crippen LogP contribution is 2.19. The Labute approximate surface area is 134 Å². The van der Waals surface area contributed by atoms with Gasteiger partial charge in [0, 0.05) is 43.0 Å². The minimum atomic E-state index is 0.0604.